The Morgan fingerprint density at radius 2 is 2.17 bits per heavy atom. The Labute approximate surface area is 76.6 Å². The van der Waals surface area contributed by atoms with Gasteiger partial charge in [0.05, 0.1) is 0 Å². The summed E-state index contributed by atoms with van der Waals surface area (Å²) < 4.78 is 0. The maximum Gasteiger partial charge on any atom is 0.0187 e. The maximum absolute atomic E-state index is 3.91. The van der Waals surface area contributed by atoms with Crippen LogP contribution in [0.4, 0.5) is 0 Å². The van der Waals surface area contributed by atoms with E-state index in [0.29, 0.717) is 6.04 Å². The molecule has 0 aliphatic rings. The molecule has 0 aromatic rings. The zero-order valence-corrected chi connectivity index (χ0v) is 8.85. The van der Waals surface area contributed by atoms with Crippen molar-refractivity contribution in [2.24, 2.45) is 0 Å². The largest absolute Gasteiger partial charge is 0.316 e. The summed E-state index contributed by atoms with van der Waals surface area (Å²) >= 11 is 0. The first-order valence-corrected chi connectivity index (χ1v) is 4.64. The third kappa shape index (κ3) is 5.33. The van der Waals surface area contributed by atoms with E-state index in [4.69, 9.17) is 0 Å². The SMILES string of the molecule is C=C(C)CN(CC)CC(C)NC. The summed E-state index contributed by atoms with van der Waals surface area (Å²) in [4.78, 5) is 2.39. The molecular weight excluding hydrogens is 148 g/mol. The lowest BCUT2D eigenvalue weighted by atomic mass is 10.2. The first kappa shape index (κ1) is 11.7. The van der Waals surface area contributed by atoms with Crippen molar-refractivity contribution in [3.05, 3.63) is 12.2 Å². The van der Waals surface area contributed by atoms with Gasteiger partial charge in [-0.2, -0.15) is 0 Å². The monoisotopic (exact) mass is 170 g/mol. The van der Waals surface area contributed by atoms with Crippen molar-refractivity contribution < 1.29 is 0 Å². The molecule has 0 aliphatic heterocycles. The number of likely N-dealkylation sites (N-methyl/N-ethyl adjacent to an activating group) is 2. The average molecular weight is 170 g/mol. The van der Waals surface area contributed by atoms with Crippen molar-refractivity contribution in [2.45, 2.75) is 26.8 Å². The summed E-state index contributed by atoms with van der Waals surface area (Å²) in [6.07, 6.45) is 0. The molecule has 1 N–H and O–H groups in total. The Morgan fingerprint density at radius 3 is 2.50 bits per heavy atom. The number of hydrogen-bond acceptors (Lipinski definition) is 2. The van der Waals surface area contributed by atoms with Crippen LogP contribution in [0.15, 0.2) is 12.2 Å². The van der Waals surface area contributed by atoms with Crippen LogP contribution in [-0.4, -0.2) is 37.6 Å². The fourth-order valence-corrected chi connectivity index (χ4v) is 1.17. The van der Waals surface area contributed by atoms with Gasteiger partial charge in [0, 0.05) is 19.1 Å². The van der Waals surface area contributed by atoms with Crippen LogP contribution < -0.4 is 5.32 Å². The summed E-state index contributed by atoms with van der Waals surface area (Å²) in [6.45, 7) is 13.6. The van der Waals surface area contributed by atoms with Crippen LogP contribution in [0.3, 0.4) is 0 Å². The van der Waals surface area contributed by atoms with Gasteiger partial charge in [-0.15, -0.1) is 0 Å². The molecule has 1 unspecified atom stereocenters. The highest BCUT2D eigenvalue weighted by Crippen LogP contribution is 1.96. The standard InChI is InChI=1S/C10H22N2/c1-6-12(7-9(2)3)8-10(4)11-5/h10-11H,2,6-8H2,1,3-5H3. The van der Waals surface area contributed by atoms with E-state index in [9.17, 15) is 0 Å². The first-order valence-electron chi connectivity index (χ1n) is 4.64. The Kier molecular flexibility index (Phi) is 6.03. The lowest BCUT2D eigenvalue weighted by Crippen LogP contribution is -2.38. The topological polar surface area (TPSA) is 15.3 Å². The lowest BCUT2D eigenvalue weighted by molar-refractivity contribution is 0.284. The quantitative estimate of drug-likeness (QED) is 0.608. The number of hydrogen-bond donors (Lipinski definition) is 1. The van der Waals surface area contributed by atoms with Crippen molar-refractivity contribution >= 4 is 0 Å². The molecule has 2 nitrogen and oxygen atoms in total. The van der Waals surface area contributed by atoms with Crippen molar-refractivity contribution in [2.75, 3.05) is 26.7 Å². The third-order valence-electron chi connectivity index (χ3n) is 1.97. The summed E-state index contributed by atoms with van der Waals surface area (Å²) in [5, 5.41) is 3.23. The van der Waals surface area contributed by atoms with Gasteiger partial charge in [-0.25, -0.2) is 0 Å². The number of nitrogens with zero attached hydrogens (tertiary/aromatic N) is 1. The van der Waals surface area contributed by atoms with Gasteiger partial charge in [0.1, 0.15) is 0 Å². The normalized spacial score (nSPS) is 13.4. The van der Waals surface area contributed by atoms with E-state index in [1.54, 1.807) is 0 Å². The Morgan fingerprint density at radius 1 is 1.58 bits per heavy atom. The molecule has 0 aromatic heterocycles. The van der Waals surface area contributed by atoms with E-state index < -0.39 is 0 Å². The smallest absolute Gasteiger partial charge is 0.0187 e. The zero-order valence-electron chi connectivity index (χ0n) is 8.85. The van der Waals surface area contributed by atoms with Gasteiger partial charge in [-0.3, -0.25) is 4.90 Å². The summed E-state index contributed by atoms with van der Waals surface area (Å²) in [7, 11) is 2.00. The van der Waals surface area contributed by atoms with Crippen molar-refractivity contribution in [1.29, 1.82) is 0 Å². The van der Waals surface area contributed by atoms with E-state index in [1.165, 1.54) is 5.57 Å². The minimum Gasteiger partial charge on any atom is -0.316 e. The predicted octanol–water partition coefficient (Wildman–Crippen LogP) is 1.49. The molecule has 0 aromatic carbocycles. The van der Waals surface area contributed by atoms with E-state index >= 15 is 0 Å². The zero-order chi connectivity index (χ0) is 9.56. The number of nitrogens with one attached hydrogen (secondary N) is 1. The third-order valence-corrected chi connectivity index (χ3v) is 1.97. The molecule has 12 heavy (non-hydrogen) atoms. The molecule has 0 heterocycles. The molecule has 0 saturated carbocycles. The molecule has 1 atom stereocenters. The Bertz CT molecular complexity index is 132. The van der Waals surface area contributed by atoms with Gasteiger partial charge in [0.2, 0.25) is 0 Å². The van der Waals surface area contributed by atoms with Crippen LogP contribution in [0.2, 0.25) is 0 Å². The molecule has 0 fully saturated rings. The molecular formula is C10H22N2. The summed E-state index contributed by atoms with van der Waals surface area (Å²) in [5.74, 6) is 0. The van der Waals surface area contributed by atoms with E-state index in [2.05, 4.69) is 37.6 Å². The first-order chi connectivity index (χ1) is 5.60. The maximum atomic E-state index is 3.91. The van der Waals surface area contributed by atoms with Gasteiger partial charge in [-0.05, 0) is 27.4 Å². The number of rotatable bonds is 6. The van der Waals surface area contributed by atoms with Crippen molar-refractivity contribution in [3.8, 4) is 0 Å². The highest BCUT2D eigenvalue weighted by molar-refractivity contribution is 4.92. The molecule has 0 spiro atoms. The molecule has 0 aliphatic carbocycles. The van der Waals surface area contributed by atoms with Gasteiger partial charge in [0.25, 0.3) is 0 Å². The van der Waals surface area contributed by atoms with Crippen LogP contribution in [-0.2, 0) is 0 Å². The molecule has 2 heteroatoms. The van der Waals surface area contributed by atoms with E-state index in [0.717, 1.165) is 19.6 Å². The Balaban J connectivity index is 3.74. The van der Waals surface area contributed by atoms with Gasteiger partial charge in [-0.1, -0.05) is 19.1 Å². The second kappa shape index (κ2) is 6.21. The highest BCUT2D eigenvalue weighted by atomic mass is 15.1. The summed E-state index contributed by atoms with van der Waals surface area (Å²) in [6, 6.07) is 0.560. The van der Waals surface area contributed by atoms with E-state index in [-0.39, 0.29) is 0 Å². The van der Waals surface area contributed by atoms with Crippen LogP contribution >= 0.6 is 0 Å². The Hall–Kier alpha value is -0.340. The van der Waals surface area contributed by atoms with Crippen LogP contribution in [0.5, 0.6) is 0 Å². The second-order valence-corrected chi connectivity index (χ2v) is 3.47. The molecule has 0 amide bonds. The fourth-order valence-electron chi connectivity index (χ4n) is 1.17. The molecule has 0 rings (SSSR count). The second-order valence-electron chi connectivity index (χ2n) is 3.47. The van der Waals surface area contributed by atoms with Crippen molar-refractivity contribution in [3.63, 3.8) is 0 Å². The lowest BCUT2D eigenvalue weighted by Gasteiger charge is -2.23. The molecule has 0 bridgehead atoms. The molecule has 0 radical (unpaired) electrons. The van der Waals surface area contributed by atoms with Crippen molar-refractivity contribution in [1.82, 2.24) is 10.2 Å². The van der Waals surface area contributed by atoms with Gasteiger partial charge < -0.3 is 5.32 Å². The van der Waals surface area contributed by atoms with Gasteiger partial charge in [0.15, 0.2) is 0 Å². The van der Waals surface area contributed by atoms with Crippen LogP contribution in [0, 0.1) is 0 Å². The van der Waals surface area contributed by atoms with E-state index in [1.807, 2.05) is 7.05 Å². The highest BCUT2D eigenvalue weighted by Gasteiger charge is 2.05. The fraction of sp³-hybridized carbons (Fsp3) is 0.800. The minimum atomic E-state index is 0.560. The molecule has 72 valence electrons. The average Bonchev–Trinajstić information content (AvgIpc) is 2.02. The minimum absolute atomic E-state index is 0.560. The van der Waals surface area contributed by atoms with Crippen LogP contribution in [0.1, 0.15) is 20.8 Å². The molecule has 0 saturated heterocycles. The van der Waals surface area contributed by atoms with Crippen LogP contribution in [0.25, 0.3) is 0 Å². The predicted molar refractivity (Wildman–Crippen MR) is 55.4 cm³/mol. The summed E-state index contributed by atoms with van der Waals surface area (Å²) in [5.41, 5.74) is 1.24. The van der Waals surface area contributed by atoms with Gasteiger partial charge >= 0.3 is 0 Å².